The summed E-state index contributed by atoms with van der Waals surface area (Å²) < 4.78 is 1.04. The molecule has 0 radical (unpaired) electrons. The summed E-state index contributed by atoms with van der Waals surface area (Å²) in [4.78, 5) is 0. The van der Waals surface area contributed by atoms with Crippen molar-refractivity contribution in [3.05, 3.63) is 40.4 Å². The number of nitrogens with zero attached hydrogens (tertiary/aromatic N) is 2. The normalized spacial score (nSPS) is 14.2. The molecule has 1 N–H and O–H groups in total. The van der Waals surface area contributed by atoms with Crippen LogP contribution in [0.2, 0.25) is 0 Å². The first-order chi connectivity index (χ1) is 9.63. The Kier molecular flexibility index (Phi) is 5.57. The van der Waals surface area contributed by atoms with Gasteiger partial charge in [0.1, 0.15) is 5.01 Å². The average molecular weight is 307 g/mol. The molecule has 1 aromatic heterocycles. The van der Waals surface area contributed by atoms with Crippen molar-refractivity contribution in [1.82, 2.24) is 15.5 Å². The van der Waals surface area contributed by atoms with Gasteiger partial charge in [0.2, 0.25) is 0 Å². The van der Waals surface area contributed by atoms with Gasteiger partial charge in [0.05, 0.1) is 0 Å². The van der Waals surface area contributed by atoms with E-state index in [-0.39, 0.29) is 0 Å². The van der Waals surface area contributed by atoms with Crippen LogP contribution in [0.4, 0.5) is 0 Å². The van der Waals surface area contributed by atoms with Crippen molar-refractivity contribution < 1.29 is 0 Å². The first-order valence-corrected chi connectivity index (χ1v) is 8.56. The largest absolute Gasteiger partial charge is 0.312 e. The van der Waals surface area contributed by atoms with E-state index in [0.29, 0.717) is 11.3 Å². The van der Waals surface area contributed by atoms with Gasteiger partial charge >= 0.3 is 0 Å². The number of hydrogen-bond donors (Lipinski definition) is 1. The Balaban J connectivity index is 2.09. The van der Waals surface area contributed by atoms with E-state index >= 15 is 0 Å². The van der Waals surface area contributed by atoms with E-state index in [9.17, 15) is 0 Å². The van der Waals surface area contributed by atoms with Crippen molar-refractivity contribution >= 4 is 23.1 Å². The van der Waals surface area contributed by atoms with Crippen molar-refractivity contribution in [3.63, 3.8) is 0 Å². The number of hydrogen-bond acceptors (Lipinski definition) is 5. The van der Waals surface area contributed by atoms with Gasteiger partial charge in [0, 0.05) is 11.3 Å². The zero-order valence-corrected chi connectivity index (χ0v) is 14.0. The van der Waals surface area contributed by atoms with Gasteiger partial charge in [-0.15, -0.1) is 10.2 Å². The van der Waals surface area contributed by atoms with Crippen LogP contribution in [-0.2, 0) is 6.42 Å². The second-order valence-corrected chi connectivity index (χ2v) is 7.58. The molecular formula is C15H21N3S2. The highest BCUT2D eigenvalue weighted by Gasteiger charge is 2.20. The summed E-state index contributed by atoms with van der Waals surface area (Å²) in [6.45, 7) is 6.41. The van der Waals surface area contributed by atoms with E-state index in [0.717, 1.165) is 15.8 Å². The van der Waals surface area contributed by atoms with Crippen LogP contribution in [-0.4, -0.2) is 22.5 Å². The number of nitrogens with one attached hydrogen (secondary N) is 1. The molecule has 20 heavy (non-hydrogen) atoms. The molecule has 0 spiro atoms. The molecule has 3 nitrogen and oxygen atoms in total. The lowest BCUT2D eigenvalue weighted by molar-refractivity contribution is 0.589. The molecule has 0 aliphatic carbocycles. The average Bonchev–Trinajstić information content (AvgIpc) is 2.85. The highest BCUT2D eigenvalue weighted by molar-refractivity contribution is 8.01. The number of aromatic nitrogens is 2. The fraction of sp³-hybridized carbons (Fsp3) is 0.467. The van der Waals surface area contributed by atoms with E-state index in [2.05, 4.69) is 53.6 Å². The summed E-state index contributed by atoms with van der Waals surface area (Å²) in [5, 5.41) is 13.1. The van der Waals surface area contributed by atoms with Crippen LogP contribution in [0.15, 0.2) is 28.6 Å². The van der Waals surface area contributed by atoms with Crippen LogP contribution in [0, 0.1) is 6.92 Å². The monoisotopic (exact) mass is 307 g/mol. The van der Waals surface area contributed by atoms with Crippen molar-refractivity contribution in [2.24, 2.45) is 0 Å². The molecule has 0 aliphatic rings. The first kappa shape index (κ1) is 15.5. The van der Waals surface area contributed by atoms with Crippen LogP contribution >= 0.6 is 23.1 Å². The van der Waals surface area contributed by atoms with Crippen LogP contribution in [0.1, 0.15) is 36.0 Å². The molecular weight excluding hydrogens is 286 g/mol. The first-order valence-electron chi connectivity index (χ1n) is 6.87. The molecule has 0 saturated carbocycles. The van der Waals surface area contributed by atoms with Gasteiger partial charge in [-0.1, -0.05) is 61.2 Å². The molecule has 2 rings (SSSR count). The minimum absolute atomic E-state index is 0.315. The van der Waals surface area contributed by atoms with Gasteiger partial charge in [-0.2, -0.15) is 0 Å². The van der Waals surface area contributed by atoms with E-state index in [1.165, 1.54) is 11.1 Å². The lowest BCUT2D eigenvalue weighted by Crippen LogP contribution is -2.25. The number of rotatable bonds is 6. The summed E-state index contributed by atoms with van der Waals surface area (Å²) >= 11 is 3.44. The van der Waals surface area contributed by atoms with Gasteiger partial charge in [0.15, 0.2) is 4.34 Å². The highest BCUT2D eigenvalue weighted by atomic mass is 32.2. The van der Waals surface area contributed by atoms with Gasteiger partial charge < -0.3 is 5.32 Å². The summed E-state index contributed by atoms with van der Waals surface area (Å²) in [6, 6.07) is 9.19. The molecule has 0 fully saturated rings. The van der Waals surface area contributed by atoms with Crippen molar-refractivity contribution in [1.29, 1.82) is 0 Å². The fourth-order valence-electron chi connectivity index (χ4n) is 2.19. The Morgan fingerprint density at radius 1 is 1.25 bits per heavy atom. The van der Waals surface area contributed by atoms with Crippen molar-refractivity contribution in [3.8, 4) is 0 Å². The fourth-order valence-corrected chi connectivity index (χ4v) is 4.45. The lowest BCUT2D eigenvalue weighted by Gasteiger charge is -2.23. The topological polar surface area (TPSA) is 37.8 Å². The number of thioether (sulfide) groups is 1. The molecule has 0 amide bonds. The Morgan fingerprint density at radius 3 is 2.45 bits per heavy atom. The Morgan fingerprint density at radius 2 is 1.95 bits per heavy atom. The van der Waals surface area contributed by atoms with Gasteiger partial charge in [-0.3, -0.25) is 0 Å². The van der Waals surface area contributed by atoms with Crippen LogP contribution < -0.4 is 5.32 Å². The third-order valence-corrected chi connectivity index (χ3v) is 5.42. The zero-order valence-electron chi connectivity index (χ0n) is 12.4. The molecule has 1 aromatic carbocycles. The summed E-state index contributed by atoms with van der Waals surface area (Å²) in [5.41, 5.74) is 2.70. The van der Waals surface area contributed by atoms with Gasteiger partial charge in [0.25, 0.3) is 0 Å². The van der Waals surface area contributed by atoms with E-state index < -0.39 is 0 Å². The Labute approximate surface area is 129 Å². The standard InChI is InChI=1S/C15H21N3S2/c1-5-12-6-8-13(9-7-12)14(16-4)10(2)19-15-18-17-11(3)20-15/h6-10,14,16H,5H2,1-4H3. The van der Waals surface area contributed by atoms with Crippen LogP contribution in [0.5, 0.6) is 0 Å². The molecule has 2 aromatic rings. The second kappa shape index (κ2) is 7.20. The number of aryl methyl sites for hydroxylation is 2. The quantitative estimate of drug-likeness (QED) is 0.823. The smallest absolute Gasteiger partial charge is 0.174 e. The van der Waals surface area contributed by atoms with Gasteiger partial charge in [-0.25, -0.2) is 0 Å². The maximum atomic E-state index is 4.20. The van der Waals surface area contributed by atoms with Crippen LogP contribution in [0.25, 0.3) is 0 Å². The molecule has 2 unspecified atom stereocenters. The van der Waals surface area contributed by atoms with E-state index in [1.807, 2.05) is 14.0 Å². The molecule has 1 heterocycles. The molecule has 0 saturated heterocycles. The maximum Gasteiger partial charge on any atom is 0.174 e. The minimum atomic E-state index is 0.315. The molecule has 5 heteroatoms. The predicted octanol–water partition coefficient (Wildman–Crippen LogP) is 3.85. The molecule has 0 aliphatic heterocycles. The summed E-state index contributed by atoms with van der Waals surface area (Å²) in [5.74, 6) is 0. The summed E-state index contributed by atoms with van der Waals surface area (Å²) in [7, 11) is 2.01. The maximum absolute atomic E-state index is 4.20. The minimum Gasteiger partial charge on any atom is -0.312 e. The Hall–Kier alpha value is -0.910. The van der Waals surface area contributed by atoms with Crippen molar-refractivity contribution in [2.45, 2.75) is 42.8 Å². The SMILES string of the molecule is CCc1ccc(C(NC)C(C)Sc2nnc(C)s2)cc1. The van der Waals surface area contributed by atoms with Crippen molar-refractivity contribution in [2.75, 3.05) is 7.05 Å². The highest BCUT2D eigenvalue weighted by Crippen LogP contribution is 2.33. The number of benzene rings is 1. The third kappa shape index (κ3) is 3.81. The molecule has 0 bridgehead atoms. The second-order valence-electron chi connectivity index (χ2n) is 4.77. The summed E-state index contributed by atoms with van der Waals surface area (Å²) in [6.07, 6.45) is 1.08. The predicted molar refractivity (Wildman–Crippen MR) is 87.6 cm³/mol. The van der Waals surface area contributed by atoms with Crippen LogP contribution in [0.3, 0.4) is 0 Å². The molecule has 2 atom stereocenters. The Bertz CT molecular complexity index is 536. The van der Waals surface area contributed by atoms with Gasteiger partial charge in [-0.05, 0) is 31.5 Å². The zero-order chi connectivity index (χ0) is 14.5. The molecule has 108 valence electrons. The van der Waals surface area contributed by atoms with E-state index in [4.69, 9.17) is 0 Å². The van der Waals surface area contributed by atoms with E-state index in [1.54, 1.807) is 23.1 Å². The lowest BCUT2D eigenvalue weighted by atomic mass is 10.0. The third-order valence-electron chi connectivity index (χ3n) is 3.32.